The molecule has 2 aromatic rings. The normalized spacial score (nSPS) is 15.5. The molecular weight excluding hydrogens is 404 g/mol. The first kappa shape index (κ1) is 20.8. The molecule has 1 aliphatic rings. The lowest BCUT2D eigenvalue weighted by Gasteiger charge is -2.14. The minimum Gasteiger partial charge on any atom is -0.506 e. The van der Waals surface area contributed by atoms with E-state index in [1.165, 1.54) is 22.7 Å². The van der Waals surface area contributed by atoms with Gasteiger partial charge in [-0.1, -0.05) is 72.5 Å². The first-order chi connectivity index (χ1) is 13.9. The van der Waals surface area contributed by atoms with Crippen LogP contribution in [0.3, 0.4) is 0 Å². The summed E-state index contributed by atoms with van der Waals surface area (Å²) in [6.07, 6.45) is 5.54. The smallest absolute Gasteiger partial charge is 0.266 e. The van der Waals surface area contributed by atoms with Crippen LogP contribution in [-0.2, 0) is 9.59 Å². The summed E-state index contributed by atoms with van der Waals surface area (Å²) in [7, 11) is 0. The van der Waals surface area contributed by atoms with Crippen LogP contribution in [0.2, 0.25) is 0 Å². The summed E-state index contributed by atoms with van der Waals surface area (Å²) in [4.78, 5) is 26.7. The lowest BCUT2D eigenvalue weighted by Crippen LogP contribution is -2.31. The summed E-state index contributed by atoms with van der Waals surface area (Å²) in [5.41, 5.74) is 2.31. The van der Waals surface area contributed by atoms with E-state index in [9.17, 15) is 14.7 Å². The average Bonchev–Trinajstić information content (AvgIpc) is 2.97. The number of anilines is 1. The van der Waals surface area contributed by atoms with Crippen LogP contribution < -0.4 is 5.32 Å². The van der Waals surface area contributed by atoms with Gasteiger partial charge in [-0.3, -0.25) is 14.5 Å². The third-order valence-corrected chi connectivity index (χ3v) is 5.59. The number of thioether (sulfide) groups is 1. The molecule has 2 amide bonds. The van der Waals surface area contributed by atoms with Gasteiger partial charge < -0.3 is 10.4 Å². The third-order valence-electron chi connectivity index (χ3n) is 4.20. The molecule has 0 spiro atoms. The third kappa shape index (κ3) is 5.56. The van der Waals surface area contributed by atoms with E-state index < -0.39 is 0 Å². The van der Waals surface area contributed by atoms with Gasteiger partial charge in [-0.15, -0.1) is 0 Å². The molecule has 0 aromatic heterocycles. The molecular formula is C22H20N2O3S2. The zero-order valence-corrected chi connectivity index (χ0v) is 17.4. The summed E-state index contributed by atoms with van der Waals surface area (Å²) in [5.74, 6) is -0.500. The fourth-order valence-electron chi connectivity index (χ4n) is 2.69. The maximum Gasteiger partial charge on any atom is 0.266 e. The number of thiocarbonyl (C=S) groups is 1. The lowest BCUT2D eigenvalue weighted by atomic mass is 10.2. The van der Waals surface area contributed by atoms with Gasteiger partial charge in [0.1, 0.15) is 10.1 Å². The number of hydrogen-bond donors (Lipinski definition) is 2. The van der Waals surface area contributed by atoms with Gasteiger partial charge in [-0.25, -0.2) is 0 Å². The van der Waals surface area contributed by atoms with E-state index in [1.54, 1.807) is 18.2 Å². The topological polar surface area (TPSA) is 69.6 Å². The molecule has 148 valence electrons. The number of allylic oxidation sites excluding steroid dienone is 2. The van der Waals surface area contributed by atoms with Crippen LogP contribution in [-0.4, -0.2) is 32.7 Å². The number of carbonyl (C=O) groups excluding carboxylic acids is 2. The molecule has 5 nitrogen and oxygen atoms in total. The highest BCUT2D eigenvalue weighted by atomic mass is 32.2. The minimum atomic E-state index is -0.298. The number of carbonyl (C=O) groups is 2. The van der Waals surface area contributed by atoms with Gasteiger partial charge in [0.05, 0.1) is 10.6 Å². The van der Waals surface area contributed by atoms with Crippen molar-refractivity contribution in [2.45, 2.75) is 13.3 Å². The van der Waals surface area contributed by atoms with Crippen LogP contribution in [0.4, 0.5) is 5.69 Å². The Morgan fingerprint density at radius 3 is 2.76 bits per heavy atom. The molecule has 0 bridgehead atoms. The first-order valence-electron chi connectivity index (χ1n) is 9.00. The van der Waals surface area contributed by atoms with E-state index in [0.29, 0.717) is 14.9 Å². The Morgan fingerprint density at radius 2 is 2.00 bits per heavy atom. The number of aromatic hydroxyl groups is 1. The second-order valence-corrected chi connectivity index (χ2v) is 8.12. The highest BCUT2D eigenvalue weighted by Crippen LogP contribution is 2.31. The van der Waals surface area contributed by atoms with Gasteiger partial charge in [-0.05, 0) is 36.3 Å². The fraction of sp³-hybridized carbons (Fsp3) is 0.136. The standard InChI is InChI=1S/C22H20N2O3S2/c1-15-10-11-18(25)17(14-15)23-20(26)12-13-24-21(27)19(29-22(24)28)9-5-8-16-6-3-2-4-7-16/h2-11,14,25H,12-13H2,1H3,(H,23,26)/b8-5+,19-9+. The molecule has 1 saturated heterocycles. The maximum absolute atomic E-state index is 12.6. The van der Waals surface area contributed by atoms with Crippen molar-refractivity contribution in [3.63, 3.8) is 0 Å². The number of amides is 2. The zero-order chi connectivity index (χ0) is 20.8. The summed E-state index contributed by atoms with van der Waals surface area (Å²) < 4.78 is 0.431. The summed E-state index contributed by atoms with van der Waals surface area (Å²) in [6, 6.07) is 14.7. The molecule has 0 unspecified atom stereocenters. The van der Waals surface area contributed by atoms with Crippen molar-refractivity contribution in [3.05, 3.63) is 76.7 Å². The molecule has 2 aromatic carbocycles. The van der Waals surface area contributed by atoms with E-state index in [2.05, 4.69) is 5.32 Å². The number of nitrogens with one attached hydrogen (secondary N) is 1. The minimum absolute atomic E-state index is 0.00250. The lowest BCUT2D eigenvalue weighted by molar-refractivity contribution is -0.122. The van der Waals surface area contributed by atoms with E-state index in [1.807, 2.05) is 49.4 Å². The molecule has 1 fully saturated rings. The van der Waals surface area contributed by atoms with Crippen molar-refractivity contribution in [1.29, 1.82) is 0 Å². The number of rotatable bonds is 6. The Hall–Kier alpha value is -2.90. The van der Waals surface area contributed by atoms with E-state index in [-0.39, 0.29) is 30.5 Å². The molecule has 29 heavy (non-hydrogen) atoms. The van der Waals surface area contributed by atoms with Crippen molar-refractivity contribution in [2.75, 3.05) is 11.9 Å². The van der Waals surface area contributed by atoms with Crippen LogP contribution >= 0.6 is 24.0 Å². The van der Waals surface area contributed by atoms with Crippen LogP contribution in [0.1, 0.15) is 17.5 Å². The highest BCUT2D eigenvalue weighted by molar-refractivity contribution is 8.26. The van der Waals surface area contributed by atoms with Gasteiger partial charge >= 0.3 is 0 Å². The molecule has 0 saturated carbocycles. The average molecular weight is 425 g/mol. The number of phenolic OH excluding ortho intramolecular Hbond substituents is 1. The predicted molar refractivity (Wildman–Crippen MR) is 122 cm³/mol. The van der Waals surface area contributed by atoms with Crippen molar-refractivity contribution in [1.82, 2.24) is 4.90 Å². The van der Waals surface area contributed by atoms with Crippen LogP contribution in [0, 0.1) is 6.92 Å². The van der Waals surface area contributed by atoms with Gasteiger partial charge in [0.2, 0.25) is 5.91 Å². The van der Waals surface area contributed by atoms with Crippen molar-refractivity contribution in [2.24, 2.45) is 0 Å². The number of nitrogens with zero attached hydrogens (tertiary/aromatic N) is 1. The summed E-state index contributed by atoms with van der Waals surface area (Å²) in [6.45, 7) is 2.05. The van der Waals surface area contributed by atoms with E-state index >= 15 is 0 Å². The first-order valence-corrected chi connectivity index (χ1v) is 10.2. The number of benzene rings is 2. The molecule has 1 heterocycles. The second-order valence-electron chi connectivity index (χ2n) is 6.44. The number of aryl methyl sites for hydroxylation is 1. The highest BCUT2D eigenvalue weighted by Gasteiger charge is 2.31. The van der Waals surface area contributed by atoms with Crippen molar-refractivity contribution in [3.8, 4) is 5.75 Å². The van der Waals surface area contributed by atoms with Crippen LogP contribution in [0.15, 0.2) is 65.6 Å². The Kier molecular flexibility index (Phi) is 6.85. The molecule has 7 heteroatoms. The summed E-state index contributed by atoms with van der Waals surface area (Å²) in [5, 5.41) is 12.5. The second kappa shape index (κ2) is 9.54. The maximum atomic E-state index is 12.6. The number of hydrogen-bond acceptors (Lipinski definition) is 5. The molecule has 0 atom stereocenters. The Bertz CT molecular complexity index is 1000. The Morgan fingerprint density at radius 1 is 1.24 bits per heavy atom. The predicted octanol–water partition coefficient (Wildman–Crippen LogP) is 4.49. The van der Waals surface area contributed by atoms with Crippen molar-refractivity contribution >= 4 is 51.9 Å². The largest absolute Gasteiger partial charge is 0.506 e. The fourth-order valence-corrected chi connectivity index (χ4v) is 3.95. The monoisotopic (exact) mass is 424 g/mol. The molecule has 3 rings (SSSR count). The van der Waals surface area contributed by atoms with Gasteiger partial charge in [0.15, 0.2) is 0 Å². The van der Waals surface area contributed by atoms with Crippen molar-refractivity contribution < 1.29 is 14.7 Å². The quantitative estimate of drug-likeness (QED) is 0.406. The SMILES string of the molecule is Cc1ccc(O)c(NC(=O)CCN2C(=O)/C(=C\C=C\c3ccccc3)SC2=S)c1. The van der Waals surface area contributed by atoms with Gasteiger partial charge in [-0.2, -0.15) is 0 Å². The van der Waals surface area contributed by atoms with Gasteiger partial charge in [0, 0.05) is 13.0 Å². The summed E-state index contributed by atoms with van der Waals surface area (Å²) >= 11 is 6.51. The zero-order valence-electron chi connectivity index (χ0n) is 15.8. The van der Waals surface area contributed by atoms with Gasteiger partial charge in [0.25, 0.3) is 5.91 Å². The molecule has 2 N–H and O–H groups in total. The van der Waals surface area contributed by atoms with Crippen LogP contribution in [0.5, 0.6) is 5.75 Å². The number of phenols is 1. The van der Waals surface area contributed by atoms with E-state index in [0.717, 1.165) is 11.1 Å². The molecule has 0 aliphatic carbocycles. The Labute approximate surface area is 179 Å². The molecule has 1 aliphatic heterocycles. The Balaban J connectivity index is 1.57. The van der Waals surface area contributed by atoms with Crippen LogP contribution in [0.25, 0.3) is 6.08 Å². The van der Waals surface area contributed by atoms with E-state index in [4.69, 9.17) is 12.2 Å². The molecule has 0 radical (unpaired) electrons.